The Morgan fingerprint density at radius 3 is 1.67 bits per heavy atom. The third-order valence-corrected chi connectivity index (χ3v) is 4.11. The summed E-state index contributed by atoms with van der Waals surface area (Å²) in [6.45, 7) is 13.5. The van der Waals surface area contributed by atoms with Crippen molar-refractivity contribution in [2.75, 3.05) is 67.0 Å². The lowest BCUT2D eigenvalue weighted by Crippen LogP contribution is -2.40. The van der Waals surface area contributed by atoms with E-state index in [9.17, 15) is 9.59 Å². The van der Waals surface area contributed by atoms with Crippen molar-refractivity contribution in [2.24, 2.45) is 11.8 Å². The van der Waals surface area contributed by atoms with Crippen molar-refractivity contribution in [3.8, 4) is 0 Å². The van der Waals surface area contributed by atoms with Crippen molar-refractivity contribution in [1.29, 1.82) is 0 Å². The summed E-state index contributed by atoms with van der Waals surface area (Å²) in [5.41, 5.74) is 0. The van der Waals surface area contributed by atoms with Crippen LogP contribution in [-0.4, -0.2) is 93.3 Å². The van der Waals surface area contributed by atoms with Gasteiger partial charge in [-0.2, -0.15) is 0 Å². The lowest BCUT2D eigenvalue weighted by atomic mass is 10.1. The van der Waals surface area contributed by atoms with E-state index in [2.05, 4.69) is 34.1 Å². The molecule has 1 amide bonds. The molecule has 0 aliphatic rings. The molecule has 0 atom stereocenters. The van der Waals surface area contributed by atoms with Gasteiger partial charge in [0.15, 0.2) is 0 Å². The van der Waals surface area contributed by atoms with E-state index in [1.165, 1.54) is 0 Å². The quantitative estimate of drug-likeness (QED) is 0.536. The van der Waals surface area contributed by atoms with E-state index < -0.39 is 0 Å². The van der Waals surface area contributed by atoms with Crippen LogP contribution in [0.25, 0.3) is 0 Å². The predicted octanol–water partition coefficient (Wildman–Crippen LogP) is 0.779. The minimum absolute atomic E-state index is 0.0426. The first kappa shape index (κ1) is 23.0. The highest BCUT2D eigenvalue weighted by atomic mass is 16.1. The van der Waals surface area contributed by atoms with Crippen molar-refractivity contribution < 1.29 is 9.59 Å². The van der Waals surface area contributed by atoms with Crippen LogP contribution in [0.5, 0.6) is 0 Å². The molecule has 0 saturated carbocycles. The average molecular weight is 343 g/mol. The standard InChI is InChI=1S/C18H38N4O2/c1-15(2)17(23)14-22(7)13-12-21(6)11-10-20(5)9-8-19-18(24)16(3)4/h15-16H,8-14H2,1-7H3,(H,19,24). The monoisotopic (exact) mass is 342 g/mol. The zero-order valence-corrected chi connectivity index (χ0v) is 16.8. The molecule has 0 aromatic heterocycles. The third kappa shape index (κ3) is 11.5. The molecule has 24 heavy (non-hydrogen) atoms. The van der Waals surface area contributed by atoms with Gasteiger partial charge in [-0.15, -0.1) is 0 Å². The van der Waals surface area contributed by atoms with Gasteiger partial charge in [0.25, 0.3) is 0 Å². The Balaban J connectivity index is 3.79. The zero-order valence-electron chi connectivity index (χ0n) is 16.8. The summed E-state index contributed by atoms with van der Waals surface area (Å²) in [5.74, 6) is 0.554. The maximum absolute atomic E-state index is 11.7. The average Bonchev–Trinajstić information content (AvgIpc) is 2.50. The number of Topliss-reactive ketones (excluding diaryl/α,β-unsaturated/α-hetero) is 1. The minimum Gasteiger partial charge on any atom is -0.355 e. The largest absolute Gasteiger partial charge is 0.355 e. The number of ketones is 1. The Labute approximate surface area is 148 Å². The van der Waals surface area contributed by atoms with Crippen molar-refractivity contribution in [3.05, 3.63) is 0 Å². The topological polar surface area (TPSA) is 55.9 Å². The number of carbonyl (C=O) groups is 2. The third-order valence-electron chi connectivity index (χ3n) is 4.11. The minimum atomic E-state index is 0.0426. The Kier molecular flexibility index (Phi) is 11.9. The fourth-order valence-electron chi connectivity index (χ4n) is 2.01. The molecule has 0 fully saturated rings. The first-order valence-corrected chi connectivity index (χ1v) is 8.99. The summed E-state index contributed by atoms with van der Waals surface area (Å²) >= 11 is 0. The van der Waals surface area contributed by atoms with Crippen LogP contribution in [0.1, 0.15) is 27.7 Å². The van der Waals surface area contributed by atoms with Crippen LogP contribution in [-0.2, 0) is 9.59 Å². The lowest BCUT2D eigenvalue weighted by molar-refractivity contribution is -0.124. The van der Waals surface area contributed by atoms with Gasteiger partial charge in [0.1, 0.15) is 5.78 Å². The van der Waals surface area contributed by atoms with E-state index in [1.54, 1.807) is 0 Å². The van der Waals surface area contributed by atoms with Crippen LogP contribution in [0, 0.1) is 11.8 Å². The van der Waals surface area contributed by atoms with Gasteiger partial charge in [0.05, 0.1) is 6.54 Å². The summed E-state index contributed by atoms with van der Waals surface area (Å²) in [6.07, 6.45) is 0. The molecule has 142 valence electrons. The molecule has 0 saturated heterocycles. The molecule has 0 aromatic rings. The molecule has 6 heteroatoms. The second-order valence-electron chi connectivity index (χ2n) is 7.41. The molecule has 0 bridgehead atoms. The number of carbonyl (C=O) groups excluding carboxylic acids is 2. The summed E-state index contributed by atoms with van der Waals surface area (Å²) in [6, 6.07) is 0. The molecule has 0 rings (SSSR count). The van der Waals surface area contributed by atoms with Crippen LogP contribution in [0.2, 0.25) is 0 Å². The Bertz CT molecular complexity index is 372. The van der Waals surface area contributed by atoms with E-state index in [0.29, 0.717) is 18.9 Å². The number of hydrogen-bond acceptors (Lipinski definition) is 5. The summed E-state index contributed by atoms with van der Waals surface area (Å²) < 4.78 is 0. The van der Waals surface area contributed by atoms with Crippen molar-refractivity contribution in [2.45, 2.75) is 27.7 Å². The maximum atomic E-state index is 11.7. The van der Waals surface area contributed by atoms with Crippen LogP contribution in [0.3, 0.4) is 0 Å². The van der Waals surface area contributed by atoms with Gasteiger partial charge in [-0.1, -0.05) is 27.7 Å². The van der Waals surface area contributed by atoms with E-state index >= 15 is 0 Å². The first-order chi connectivity index (χ1) is 11.1. The second-order valence-corrected chi connectivity index (χ2v) is 7.41. The van der Waals surface area contributed by atoms with Crippen LogP contribution in [0.4, 0.5) is 0 Å². The van der Waals surface area contributed by atoms with Gasteiger partial charge in [-0.25, -0.2) is 0 Å². The summed E-state index contributed by atoms with van der Waals surface area (Å²) in [7, 11) is 6.17. The van der Waals surface area contributed by atoms with Gasteiger partial charge >= 0.3 is 0 Å². The fraction of sp³-hybridized carbons (Fsp3) is 0.889. The van der Waals surface area contributed by atoms with Crippen LogP contribution in [0.15, 0.2) is 0 Å². The van der Waals surface area contributed by atoms with Crippen LogP contribution < -0.4 is 5.32 Å². The Hall–Kier alpha value is -0.980. The van der Waals surface area contributed by atoms with E-state index in [-0.39, 0.29) is 17.7 Å². The number of nitrogens with one attached hydrogen (secondary N) is 1. The molecule has 0 aliphatic heterocycles. The van der Waals surface area contributed by atoms with Crippen molar-refractivity contribution in [1.82, 2.24) is 20.0 Å². The highest BCUT2D eigenvalue weighted by molar-refractivity contribution is 5.82. The molecule has 6 nitrogen and oxygen atoms in total. The SMILES string of the molecule is CC(C)C(=O)CN(C)CCN(C)CCN(C)CCNC(=O)C(C)C. The normalized spacial score (nSPS) is 12.0. The van der Waals surface area contributed by atoms with Gasteiger partial charge in [0, 0.05) is 51.1 Å². The number of hydrogen-bond donors (Lipinski definition) is 1. The lowest BCUT2D eigenvalue weighted by Gasteiger charge is -2.24. The molecule has 0 unspecified atom stereocenters. The van der Waals surface area contributed by atoms with Gasteiger partial charge < -0.3 is 15.1 Å². The zero-order chi connectivity index (χ0) is 18.7. The number of nitrogens with zero attached hydrogens (tertiary/aromatic N) is 3. The van der Waals surface area contributed by atoms with E-state index in [0.717, 1.165) is 32.7 Å². The smallest absolute Gasteiger partial charge is 0.222 e. The van der Waals surface area contributed by atoms with Gasteiger partial charge in [-0.3, -0.25) is 14.5 Å². The number of amides is 1. The van der Waals surface area contributed by atoms with Gasteiger partial charge in [-0.05, 0) is 21.1 Å². The molecule has 0 aliphatic carbocycles. The van der Waals surface area contributed by atoms with Gasteiger partial charge in [0.2, 0.25) is 5.91 Å². The maximum Gasteiger partial charge on any atom is 0.222 e. The molecule has 0 heterocycles. The summed E-state index contributed by atoms with van der Waals surface area (Å²) in [4.78, 5) is 29.8. The van der Waals surface area contributed by atoms with Crippen molar-refractivity contribution in [3.63, 3.8) is 0 Å². The molecular weight excluding hydrogens is 304 g/mol. The predicted molar refractivity (Wildman–Crippen MR) is 100 cm³/mol. The summed E-state index contributed by atoms with van der Waals surface area (Å²) in [5, 5.41) is 2.94. The number of rotatable bonds is 13. The van der Waals surface area contributed by atoms with E-state index in [1.807, 2.05) is 34.7 Å². The Morgan fingerprint density at radius 2 is 1.21 bits per heavy atom. The first-order valence-electron chi connectivity index (χ1n) is 8.99. The fourth-order valence-corrected chi connectivity index (χ4v) is 2.01. The highest BCUT2D eigenvalue weighted by Crippen LogP contribution is 1.97. The number of likely N-dealkylation sites (N-methyl/N-ethyl adjacent to an activating group) is 3. The molecule has 0 spiro atoms. The molecular formula is C18H38N4O2. The highest BCUT2D eigenvalue weighted by Gasteiger charge is 2.11. The molecule has 1 N–H and O–H groups in total. The van der Waals surface area contributed by atoms with E-state index in [4.69, 9.17) is 0 Å². The Morgan fingerprint density at radius 1 is 0.750 bits per heavy atom. The molecule has 0 aromatic carbocycles. The second kappa shape index (κ2) is 12.4. The molecule has 0 radical (unpaired) electrons. The van der Waals surface area contributed by atoms with Crippen molar-refractivity contribution >= 4 is 11.7 Å². The van der Waals surface area contributed by atoms with Crippen LogP contribution >= 0.6 is 0 Å².